The third kappa shape index (κ3) is 30.7. The van der Waals surface area contributed by atoms with Gasteiger partial charge in [-0.1, -0.05) is 0 Å². The first-order valence-corrected chi connectivity index (χ1v) is 35.8. The maximum atomic E-state index is 6.76. The minimum absolute atomic E-state index is 0.0138. The van der Waals surface area contributed by atoms with Gasteiger partial charge in [0.1, 0.15) is 0 Å². The maximum absolute atomic E-state index is 6.76. The van der Waals surface area contributed by atoms with Crippen LogP contribution in [0.3, 0.4) is 0 Å². The molecule has 0 spiro atoms. The van der Waals surface area contributed by atoms with Crippen LogP contribution in [0.5, 0.6) is 0 Å². The third-order valence-electron chi connectivity index (χ3n) is 13.6. The van der Waals surface area contributed by atoms with E-state index in [4.69, 9.17) is 126 Å². The zero-order valence-electron chi connectivity index (χ0n) is 49.9. The fraction of sp³-hybridized carbons (Fsp3) is 1.00. The van der Waals surface area contributed by atoms with Crippen molar-refractivity contribution in [3.63, 3.8) is 0 Å². The molecule has 6 atom stereocenters. The van der Waals surface area contributed by atoms with Crippen molar-refractivity contribution in [1.29, 1.82) is 0 Å². The summed E-state index contributed by atoms with van der Waals surface area (Å²) in [5, 5.41) is 0. The van der Waals surface area contributed by atoms with Crippen LogP contribution in [-0.2, 0) is 112 Å². The van der Waals surface area contributed by atoms with Gasteiger partial charge >= 0.3 is 23.0 Å². The second-order valence-electron chi connectivity index (χ2n) is 20.4. The summed E-state index contributed by atoms with van der Waals surface area (Å²) in [6.45, 7) is 8.59. The predicted octanol–water partition coefficient (Wildman–Crippen LogP) is 9.30. The van der Waals surface area contributed by atoms with Gasteiger partial charge < -0.3 is 112 Å². The second kappa shape index (κ2) is 45.1. The minimum Gasteiger partial charge on any atom is -0.377 e. The molecular weight excluding hydrogens is 1170 g/mol. The average Bonchev–Trinajstić information content (AvgIpc) is 1.30. The van der Waals surface area contributed by atoms with Crippen molar-refractivity contribution in [3.8, 4) is 0 Å². The number of rotatable bonds is 48. The molecule has 0 aliphatic carbocycles. The van der Waals surface area contributed by atoms with Crippen molar-refractivity contribution in [2.75, 3.05) is 198 Å². The van der Waals surface area contributed by atoms with E-state index in [0.29, 0.717) is 119 Å². The molecule has 0 N–H and O–H groups in total. The van der Waals surface area contributed by atoms with E-state index in [1.54, 1.807) is 0 Å². The second-order valence-corrected chi connectivity index (χ2v) is 27.1. The molecule has 0 aromatic carbocycles. The Morgan fingerprint density at radius 3 is 0.536 bits per heavy atom. The number of nitrogens with zero attached hydrogens (tertiary/aromatic N) is 3. The Bertz CT molecular complexity index is 1480. The molecule has 0 aromatic rings. The fourth-order valence-electron chi connectivity index (χ4n) is 9.29. The van der Waals surface area contributed by atoms with Crippen LogP contribution in [-0.4, -0.2) is 236 Å². The quantitative estimate of drug-likeness (QED) is 0.0406. The molecule has 0 saturated carbocycles. The molecule has 7 aliphatic rings. The van der Waals surface area contributed by atoms with Gasteiger partial charge in [-0.25, -0.2) is 0 Å². The van der Waals surface area contributed by atoms with Crippen LogP contribution >= 0.6 is 23.0 Å². The Balaban J connectivity index is 1.10. The van der Waals surface area contributed by atoms with Crippen LogP contribution in [0, 0.1) is 0 Å². The van der Waals surface area contributed by atoms with Crippen LogP contribution < -0.4 is 0 Å². The number of ether oxygens (including phenoxy) is 18. The van der Waals surface area contributed by atoms with E-state index >= 15 is 0 Å². The molecule has 492 valence electrons. The third-order valence-corrected chi connectivity index (χ3v) is 22.2. The van der Waals surface area contributed by atoms with Crippen LogP contribution in [0.15, 0.2) is 13.5 Å². The standard InChI is InChI=1S/C54H102N3O24P3/c1-7-19-64-49(13-1)70-37-25-58-31-43-76-82(77-44-32-59-26-38-71-50-14-2-8-20-65-50)55-83(78-45-33-60-27-39-72-51-15-3-9-21-66-51,79-46-34-61-28-40-73-52-16-4-10-22-67-52)57-84(56-82,80-47-35-62-29-41-74-53-17-5-11-23-68-53)81-48-36-63-30-42-75-54-18-6-12-24-69-54/h49-54H,1-48H2. The first kappa shape index (κ1) is 71.2. The maximum Gasteiger partial charge on any atom is 0.349 e. The first-order valence-electron chi connectivity index (χ1n) is 31.2. The van der Waals surface area contributed by atoms with Crippen LogP contribution in [0.25, 0.3) is 0 Å². The van der Waals surface area contributed by atoms with Gasteiger partial charge in [-0.05, 0) is 116 Å². The van der Waals surface area contributed by atoms with Gasteiger partial charge in [-0.2, -0.15) is 0 Å². The molecule has 6 unspecified atom stereocenters. The van der Waals surface area contributed by atoms with Gasteiger partial charge in [0, 0.05) is 39.6 Å². The molecule has 6 fully saturated rings. The fourth-order valence-corrected chi connectivity index (χ4v) is 18.7. The van der Waals surface area contributed by atoms with Gasteiger partial charge in [-0.3, -0.25) is 0 Å². The smallest absolute Gasteiger partial charge is 0.349 e. The summed E-state index contributed by atoms with van der Waals surface area (Å²) in [6.07, 6.45) is 16.1. The summed E-state index contributed by atoms with van der Waals surface area (Å²) in [6, 6.07) is 0. The monoisotopic (exact) mass is 1270 g/mol. The zero-order chi connectivity index (χ0) is 58.0. The Labute approximate surface area is 498 Å². The van der Waals surface area contributed by atoms with Gasteiger partial charge in [0.05, 0.1) is 159 Å². The Morgan fingerprint density at radius 1 is 0.214 bits per heavy atom. The highest BCUT2D eigenvalue weighted by atomic mass is 31.3. The molecule has 7 rings (SSSR count). The molecule has 6 saturated heterocycles. The molecule has 0 aromatic heterocycles. The molecule has 7 heterocycles. The summed E-state index contributed by atoms with van der Waals surface area (Å²) in [5.41, 5.74) is 0. The molecule has 0 bridgehead atoms. The van der Waals surface area contributed by atoms with E-state index in [-0.39, 0.29) is 117 Å². The van der Waals surface area contributed by atoms with Crippen molar-refractivity contribution in [3.05, 3.63) is 0 Å². The highest BCUT2D eigenvalue weighted by Crippen LogP contribution is 2.80. The van der Waals surface area contributed by atoms with Gasteiger partial charge in [0.25, 0.3) is 0 Å². The summed E-state index contributed by atoms with van der Waals surface area (Å²) in [4.78, 5) is 0. The van der Waals surface area contributed by atoms with E-state index in [0.717, 1.165) is 116 Å². The Hall–Kier alpha value is -0.270. The van der Waals surface area contributed by atoms with Crippen molar-refractivity contribution < 1.29 is 112 Å². The lowest BCUT2D eigenvalue weighted by molar-refractivity contribution is -0.169. The minimum atomic E-state index is -3.92. The molecule has 7 aliphatic heterocycles. The van der Waals surface area contributed by atoms with Crippen molar-refractivity contribution in [2.45, 2.75) is 153 Å². The van der Waals surface area contributed by atoms with Gasteiger partial charge in [0.15, 0.2) is 37.7 Å². The Morgan fingerprint density at radius 2 is 0.381 bits per heavy atom. The molecular formula is C54H102N3O24P3. The van der Waals surface area contributed by atoms with Crippen LogP contribution in [0.2, 0.25) is 0 Å². The number of hydrogen-bond donors (Lipinski definition) is 0. The van der Waals surface area contributed by atoms with E-state index in [1.165, 1.54) is 0 Å². The predicted molar refractivity (Wildman–Crippen MR) is 306 cm³/mol. The summed E-state index contributed by atoms with van der Waals surface area (Å²) in [5.74, 6) is 0. The lowest BCUT2D eigenvalue weighted by Crippen LogP contribution is -2.24. The Kier molecular flexibility index (Phi) is 38.2. The topological polar surface area (TPSA) is 259 Å². The van der Waals surface area contributed by atoms with Crippen LogP contribution in [0.4, 0.5) is 0 Å². The highest BCUT2D eigenvalue weighted by molar-refractivity contribution is 7.78. The van der Waals surface area contributed by atoms with E-state index < -0.39 is 23.0 Å². The van der Waals surface area contributed by atoms with E-state index in [9.17, 15) is 0 Å². The molecule has 27 nitrogen and oxygen atoms in total. The molecule has 0 radical (unpaired) electrons. The lowest BCUT2D eigenvalue weighted by Gasteiger charge is -2.33. The highest BCUT2D eigenvalue weighted by Gasteiger charge is 2.43. The molecule has 84 heavy (non-hydrogen) atoms. The van der Waals surface area contributed by atoms with Crippen molar-refractivity contribution >= 4 is 23.0 Å². The van der Waals surface area contributed by atoms with E-state index in [2.05, 4.69) is 0 Å². The molecule has 0 amide bonds. The zero-order valence-corrected chi connectivity index (χ0v) is 52.6. The summed E-state index contributed by atoms with van der Waals surface area (Å²) in [7, 11) is -11.8. The normalized spacial score (nSPS) is 29.7. The summed E-state index contributed by atoms with van der Waals surface area (Å²) >= 11 is 0. The molecule has 30 heteroatoms. The van der Waals surface area contributed by atoms with Crippen molar-refractivity contribution in [2.24, 2.45) is 13.5 Å². The van der Waals surface area contributed by atoms with E-state index in [1.807, 2.05) is 0 Å². The van der Waals surface area contributed by atoms with Crippen molar-refractivity contribution in [1.82, 2.24) is 0 Å². The SMILES string of the molecule is C1CCC(OCCOCCOP2(OCCOCCOC3CCCCO3)=NP(OCCOCCOC3CCCCO3)(OCCOCCOC3CCCCO3)=NP(OCCOCCOC3CCCCO3)(OCCOCCOC3CCCCO3)=N2)OC1. The van der Waals surface area contributed by atoms with Gasteiger partial charge in [0.2, 0.25) is 0 Å². The lowest BCUT2D eigenvalue weighted by atomic mass is 10.2. The van der Waals surface area contributed by atoms with Gasteiger partial charge in [-0.15, -0.1) is 13.5 Å². The largest absolute Gasteiger partial charge is 0.377 e. The number of hydrogen-bond acceptors (Lipinski definition) is 27. The van der Waals surface area contributed by atoms with Crippen LogP contribution in [0.1, 0.15) is 116 Å². The first-order chi connectivity index (χ1) is 41.6. The average molecular weight is 1270 g/mol. The summed E-state index contributed by atoms with van der Waals surface area (Å²) < 4.78 is 163.